The highest BCUT2D eigenvalue weighted by Gasteiger charge is 2.11. The largest absolute Gasteiger partial charge is 0.310 e. The van der Waals surface area contributed by atoms with Crippen LogP contribution in [0.3, 0.4) is 0 Å². The Labute approximate surface area is 101 Å². The van der Waals surface area contributed by atoms with Crippen LogP contribution in [0, 0.1) is 13.8 Å². The molecule has 0 aliphatic heterocycles. The van der Waals surface area contributed by atoms with Gasteiger partial charge >= 0.3 is 0 Å². The molecular weight excluding hydrogens is 250 g/mol. The highest BCUT2D eigenvalue weighted by Crippen LogP contribution is 2.26. The Morgan fingerprint density at radius 3 is 2.40 bits per heavy atom. The molecule has 1 N–H and O–H groups in total. The predicted octanol–water partition coefficient (Wildman–Crippen LogP) is 4.13. The first kappa shape index (κ1) is 12.7. The van der Waals surface area contributed by atoms with Gasteiger partial charge in [-0.1, -0.05) is 35.8 Å². The Morgan fingerprint density at radius 2 is 1.87 bits per heavy atom. The lowest BCUT2D eigenvalue weighted by molar-refractivity contribution is 0.534. The highest BCUT2D eigenvalue weighted by atomic mass is 79.9. The van der Waals surface area contributed by atoms with Gasteiger partial charge in [-0.05, 0) is 49.6 Å². The summed E-state index contributed by atoms with van der Waals surface area (Å²) in [6.45, 7) is 9.73. The van der Waals surface area contributed by atoms with E-state index in [1.807, 2.05) is 0 Å². The van der Waals surface area contributed by atoms with Gasteiger partial charge in [0, 0.05) is 10.5 Å². The molecule has 0 spiro atoms. The number of hydrogen-bond acceptors (Lipinski definition) is 1. The van der Waals surface area contributed by atoms with Gasteiger partial charge in [0.25, 0.3) is 0 Å². The molecule has 15 heavy (non-hydrogen) atoms. The average molecular weight is 270 g/mol. The fourth-order valence-corrected chi connectivity index (χ4v) is 2.36. The Balaban J connectivity index is 3.06. The third-order valence-electron chi connectivity index (χ3n) is 2.78. The van der Waals surface area contributed by atoms with Gasteiger partial charge in [-0.2, -0.15) is 0 Å². The first-order valence-electron chi connectivity index (χ1n) is 5.60. The average Bonchev–Trinajstić information content (AvgIpc) is 2.20. The van der Waals surface area contributed by atoms with Crippen LogP contribution in [0.1, 0.15) is 43.0 Å². The molecule has 1 unspecified atom stereocenters. The molecule has 0 radical (unpaired) electrons. The van der Waals surface area contributed by atoms with Crippen LogP contribution in [-0.2, 0) is 0 Å². The summed E-state index contributed by atoms with van der Waals surface area (Å²) in [4.78, 5) is 0. The minimum Gasteiger partial charge on any atom is -0.310 e. The number of benzene rings is 1. The van der Waals surface area contributed by atoms with Gasteiger partial charge in [-0.15, -0.1) is 0 Å². The van der Waals surface area contributed by atoms with Crippen molar-refractivity contribution in [3.8, 4) is 0 Å². The maximum atomic E-state index is 3.57. The molecule has 1 rings (SSSR count). The van der Waals surface area contributed by atoms with E-state index in [1.165, 1.54) is 21.2 Å². The van der Waals surface area contributed by atoms with Crippen LogP contribution in [0.15, 0.2) is 16.6 Å². The van der Waals surface area contributed by atoms with Gasteiger partial charge in [-0.3, -0.25) is 0 Å². The van der Waals surface area contributed by atoms with Crippen LogP contribution in [0.25, 0.3) is 0 Å². The van der Waals surface area contributed by atoms with Crippen molar-refractivity contribution in [1.29, 1.82) is 0 Å². The van der Waals surface area contributed by atoms with E-state index < -0.39 is 0 Å². The van der Waals surface area contributed by atoms with E-state index in [0.717, 1.165) is 13.0 Å². The smallest absolute Gasteiger partial charge is 0.0320 e. The summed E-state index contributed by atoms with van der Waals surface area (Å²) >= 11 is 3.57. The van der Waals surface area contributed by atoms with Crippen molar-refractivity contribution in [3.05, 3.63) is 33.3 Å². The third kappa shape index (κ3) is 3.05. The predicted molar refractivity (Wildman–Crippen MR) is 70.3 cm³/mol. The topological polar surface area (TPSA) is 12.0 Å². The molecule has 0 saturated carbocycles. The van der Waals surface area contributed by atoms with Crippen molar-refractivity contribution in [2.45, 2.75) is 40.2 Å². The lowest BCUT2D eigenvalue weighted by Crippen LogP contribution is -2.21. The summed E-state index contributed by atoms with van der Waals surface area (Å²) in [6.07, 6.45) is 1.13. The monoisotopic (exact) mass is 269 g/mol. The Kier molecular flexibility index (Phi) is 4.81. The molecule has 84 valence electrons. The van der Waals surface area contributed by atoms with Gasteiger partial charge in [0.05, 0.1) is 0 Å². The number of halogens is 1. The number of rotatable bonds is 4. The standard InChI is InChI=1S/C13H20BrN/c1-5-13(15-6-2)11-7-10(4)12(14)8-9(11)3/h7-8,13,15H,5-6H2,1-4H3. The molecule has 2 heteroatoms. The fraction of sp³-hybridized carbons (Fsp3) is 0.538. The summed E-state index contributed by atoms with van der Waals surface area (Å²) in [5.74, 6) is 0. The molecule has 0 aromatic heterocycles. The fourth-order valence-electron chi connectivity index (χ4n) is 1.90. The van der Waals surface area contributed by atoms with Gasteiger partial charge in [0.15, 0.2) is 0 Å². The molecule has 1 aromatic rings. The number of hydrogen-bond donors (Lipinski definition) is 1. The summed E-state index contributed by atoms with van der Waals surface area (Å²) in [5.41, 5.74) is 4.10. The molecule has 0 saturated heterocycles. The highest BCUT2D eigenvalue weighted by molar-refractivity contribution is 9.10. The van der Waals surface area contributed by atoms with Crippen LogP contribution >= 0.6 is 15.9 Å². The maximum Gasteiger partial charge on any atom is 0.0320 e. The second kappa shape index (κ2) is 5.66. The Hall–Kier alpha value is -0.340. The molecule has 0 bridgehead atoms. The number of nitrogens with one attached hydrogen (secondary N) is 1. The molecule has 0 fully saturated rings. The molecule has 0 aliphatic carbocycles. The maximum absolute atomic E-state index is 3.57. The van der Waals surface area contributed by atoms with E-state index in [2.05, 4.69) is 61.1 Å². The van der Waals surface area contributed by atoms with Crippen molar-refractivity contribution in [2.75, 3.05) is 6.54 Å². The van der Waals surface area contributed by atoms with Crippen molar-refractivity contribution >= 4 is 15.9 Å². The summed E-state index contributed by atoms with van der Waals surface area (Å²) in [7, 11) is 0. The van der Waals surface area contributed by atoms with Gasteiger partial charge in [-0.25, -0.2) is 0 Å². The van der Waals surface area contributed by atoms with Gasteiger partial charge < -0.3 is 5.32 Å². The lowest BCUT2D eigenvalue weighted by Gasteiger charge is -2.19. The van der Waals surface area contributed by atoms with Crippen molar-refractivity contribution in [1.82, 2.24) is 5.32 Å². The lowest BCUT2D eigenvalue weighted by atomic mass is 9.97. The summed E-state index contributed by atoms with van der Waals surface area (Å²) in [6, 6.07) is 4.99. The van der Waals surface area contributed by atoms with E-state index in [4.69, 9.17) is 0 Å². The van der Waals surface area contributed by atoms with Crippen molar-refractivity contribution in [2.24, 2.45) is 0 Å². The second-order valence-electron chi connectivity index (χ2n) is 3.98. The zero-order valence-electron chi connectivity index (χ0n) is 10.0. The van der Waals surface area contributed by atoms with E-state index >= 15 is 0 Å². The van der Waals surface area contributed by atoms with E-state index in [1.54, 1.807) is 0 Å². The van der Waals surface area contributed by atoms with Crippen LogP contribution < -0.4 is 5.32 Å². The Morgan fingerprint density at radius 1 is 1.20 bits per heavy atom. The Bertz CT molecular complexity index is 334. The van der Waals surface area contributed by atoms with E-state index in [-0.39, 0.29) is 0 Å². The first-order chi connectivity index (χ1) is 7.10. The normalized spacial score (nSPS) is 12.9. The SMILES string of the molecule is CCNC(CC)c1cc(C)c(Br)cc1C. The first-order valence-corrected chi connectivity index (χ1v) is 6.39. The van der Waals surface area contributed by atoms with Crippen molar-refractivity contribution < 1.29 is 0 Å². The minimum absolute atomic E-state index is 0.488. The van der Waals surface area contributed by atoms with Gasteiger partial charge in [0.1, 0.15) is 0 Å². The molecule has 0 heterocycles. The van der Waals surface area contributed by atoms with Crippen LogP contribution in [0.4, 0.5) is 0 Å². The van der Waals surface area contributed by atoms with Crippen LogP contribution in [-0.4, -0.2) is 6.54 Å². The van der Waals surface area contributed by atoms with Crippen LogP contribution in [0.5, 0.6) is 0 Å². The molecule has 1 nitrogen and oxygen atoms in total. The van der Waals surface area contributed by atoms with Crippen LogP contribution in [0.2, 0.25) is 0 Å². The van der Waals surface area contributed by atoms with Gasteiger partial charge in [0.2, 0.25) is 0 Å². The minimum atomic E-state index is 0.488. The molecule has 0 amide bonds. The summed E-state index contributed by atoms with van der Waals surface area (Å²) in [5, 5.41) is 3.52. The number of aryl methyl sites for hydroxylation is 2. The van der Waals surface area contributed by atoms with Crippen molar-refractivity contribution in [3.63, 3.8) is 0 Å². The zero-order chi connectivity index (χ0) is 11.4. The van der Waals surface area contributed by atoms with E-state index in [9.17, 15) is 0 Å². The zero-order valence-corrected chi connectivity index (χ0v) is 11.6. The third-order valence-corrected chi connectivity index (χ3v) is 3.64. The quantitative estimate of drug-likeness (QED) is 0.867. The van der Waals surface area contributed by atoms with E-state index in [0.29, 0.717) is 6.04 Å². The molecular formula is C13H20BrN. The molecule has 1 atom stereocenters. The molecule has 1 aromatic carbocycles. The second-order valence-corrected chi connectivity index (χ2v) is 4.83. The molecule has 0 aliphatic rings. The summed E-state index contributed by atoms with van der Waals surface area (Å²) < 4.78 is 1.20.